The van der Waals surface area contributed by atoms with E-state index in [0.717, 1.165) is 17.7 Å². The van der Waals surface area contributed by atoms with Crippen molar-refractivity contribution in [3.63, 3.8) is 0 Å². The number of halogens is 1. The highest BCUT2D eigenvalue weighted by Gasteiger charge is 2.06. The Hall–Kier alpha value is -2.04. The molecule has 0 spiro atoms. The summed E-state index contributed by atoms with van der Waals surface area (Å²) in [6.07, 6.45) is 0. The molecule has 0 unspecified atom stereocenters. The lowest BCUT2D eigenvalue weighted by Crippen LogP contribution is -3.04. The van der Waals surface area contributed by atoms with Crippen LogP contribution < -0.4 is 15.0 Å². The molecule has 4 nitrogen and oxygen atoms in total. The van der Waals surface area contributed by atoms with Crippen LogP contribution in [0.2, 0.25) is 5.02 Å². The van der Waals surface area contributed by atoms with Gasteiger partial charge in [-0.15, -0.1) is 0 Å². The van der Waals surface area contributed by atoms with E-state index in [1.54, 1.807) is 12.1 Å². The number of amides is 1. The number of hydrogen-bond donors (Lipinski definition) is 2. The smallest absolute Gasteiger partial charge is 0.258 e. The average Bonchev–Trinajstić information content (AvgIpc) is 2.53. The van der Waals surface area contributed by atoms with Crippen LogP contribution in [0.1, 0.15) is 16.7 Å². The summed E-state index contributed by atoms with van der Waals surface area (Å²) in [7, 11) is 4.24. The van der Waals surface area contributed by atoms with Crippen molar-refractivity contribution in [3.8, 4) is 5.75 Å². The standard InChI is InChI=1S/C19H23ClN2O2/c1-14-10-17(20)8-9-18(14)24-13-19(23)21-11-15-4-6-16(7-5-15)12-22(2)3/h4-10H,11-13H2,1-3H3,(H,21,23)/p+1. The number of aryl methyl sites for hydroxylation is 1. The zero-order chi connectivity index (χ0) is 17.5. The third kappa shape index (κ3) is 5.87. The van der Waals surface area contributed by atoms with Crippen LogP contribution in [0.3, 0.4) is 0 Å². The molecule has 1 amide bonds. The van der Waals surface area contributed by atoms with Crippen molar-refractivity contribution in [2.45, 2.75) is 20.0 Å². The number of rotatable bonds is 7. The van der Waals surface area contributed by atoms with E-state index in [0.29, 0.717) is 17.3 Å². The van der Waals surface area contributed by atoms with E-state index >= 15 is 0 Å². The largest absolute Gasteiger partial charge is 0.484 e. The maximum Gasteiger partial charge on any atom is 0.258 e. The lowest BCUT2D eigenvalue weighted by molar-refractivity contribution is -0.872. The van der Waals surface area contributed by atoms with Gasteiger partial charge in [0.25, 0.3) is 5.91 Å². The zero-order valence-corrected chi connectivity index (χ0v) is 15.1. The molecule has 0 saturated heterocycles. The number of hydrogen-bond acceptors (Lipinski definition) is 2. The van der Waals surface area contributed by atoms with Crippen LogP contribution in [0, 0.1) is 6.92 Å². The summed E-state index contributed by atoms with van der Waals surface area (Å²) in [5.41, 5.74) is 3.27. The number of benzene rings is 2. The first kappa shape index (κ1) is 18.3. The third-order valence-corrected chi connectivity index (χ3v) is 3.80. The second-order valence-corrected chi connectivity index (χ2v) is 6.61. The predicted molar refractivity (Wildman–Crippen MR) is 96.5 cm³/mol. The Balaban J connectivity index is 1.78. The summed E-state index contributed by atoms with van der Waals surface area (Å²) in [5.74, 6) is 0.524. The van der Waals surface area contributed by atoms with Gasteiger partial charge in [0.05, 0.1) is 14.1 Å². The fraction of sp³-hybridized carbons (Fsp3) is 0.316. The molecule has 0 saturated carbocycles. The Kier molecular flexibility index (Phi) is 6.64. The molecule has 0 aliphatic heterocycles. The molecule has 0 aliphatic carbocycles. The molecule has 0 radical (unpaired) electrons. The number of quaternary nitrogens is 1. The maximum absolute atomic E-state index is 11.9. The summed E-state index contributed by atoms with van der Waals surface area (Å²) < 4.78 is 5.53. The highest BCUT2D eigenvalue weighted by atomic mass is 35.5. The average molecular weight is 348 g/mol. The lowest BCUT2D eigenvalue weighted by atomic mass is 10.1. The molecule has 2 rings (SSSR count). The van der Waals surface area contributed by atoms with E-state index in [1.807, 2.05) is 25.1 Å². The molecule has 0 aromatic heterocycles. The van der Waals surface area contributed by atoms with Crippen LogP contribution >= 0.6 is 11.6 Å². The maximum atomic E-state index is 11.9. The quantitative estimate of drug-likeness (QED) is 0.804. The number of nitrogens with one attached hydrogen (secondary N) is 2. The van der Waals surface area contributed by atoms with E-state index in [-0.39, 0.29) is 12.5 Å². The van der Waals surface area contributed by atoms with E-state index in [9.17, 15) is 4.79 Å². The fourth-order valence-corrected chi connectivity index (χ4v) is 2.58. The minimum atomic E-state index is -0.147. The molecule has 5 heteroatoms. The summed E-state index contributed by atoms with van der Waals surface area (Å²) in [6.45, 7) is 3.37. The Labute approximate surface area is 148 Å². The van der Waals surface area contributed by atoms with Gasteiger partial charge < -0.3 is 15.0 Å². The molecule has 0 fully saturated rings. The van der Waals surface area contributed by atoms with E-state index in [1.165, 1.54) is 10.5 Å². The SMILES string of the molecule is Cc1cc(Cl)ccc1OCC(=O)NCc1ccc(C[NH+](C)C)cc1. The highest BCUT2D eigenvalue weighted by molar-refractivity contribution is 6.30. The molecule has 0 bridgehead atoms. The molecule has 2 N–H and O–H groups in total. The van der Waals surface area contributed by atoms with Gasteiger partial charge in [-0.1, -0.05) is 35.9 Å². The van der Waals surface area contributed by atoms with Crippen molar-refractivity contribution in [2.75, 3.05) is 20.7 Å². The van der Waals surface area contributed by atoms with Gasteiger partial charge in [0.2, 0.25) is 0 Å². The highest BCUT2D eigenvalue weighted by Crippen LogP contribution is 2.21. The van der Waals surface area contributed by atoms with Gasteiger partial charge >= 0.3 is 0 Å². The van der Waals surface area contributed by atoms with Crippen LogP contribution in [0.5, 0.6) is 5.75 Å². The van der Waals surface area contributed by atoms with Gasteiger partial charge in [-0.2, -0.15) is 0 Å². The van der Waals surface area contributed by atoms with Crippen molar-refractivity contribution in [3.05, 3.63) is 64.2 Å². The summed E-state index contributed by atoms with van der Waals surface area (Å²) in [6, 6.07) is 13.6. The molecule has 128 valence electrons. The van der Waals surface area contributed by atoms with Gasteiger partial charge in [-0.25, -0.2) is 0 Å². The second kappa shape index (κ2) is 8.71. The monoisotopic (exact) mass is 347 g/mol. The van der Waals surface area contributed by atoms with Crippen molar-refractivity contribution < 1.29 is 14.4 Å². The molecule has 24 heavy (non-hydrogen) atoms. The summed E-state index contributed by atoms with van der Waals surface area (Å²) >= 11 is 5.90. The first-order valence-electron chi connectivity index (χ1n) is 7.96. The Morgan fingerprint density at radius 3 is 2.42 bits per heavy atom. The Morgan fingerprint density at radius 1 is 1.12 bits per heavy atom. The summed E-state index contributed by atoms with van der Waals surface area (Å²) in [4.78, 5) is 13.3. The number of carbonyl (C=O) groups excluding carboxylic acids is 1. The van der Waals surface area contributed by atoms with Crippen LogP contribution in [-0.4, -0.2) is 26.6 Å². The van der Waals surface area contributed by atoms with E-state index in [4.69, 9.17) is 16.3 Å². The second-order valence-electron chi connectivity index (χ2n) is 6.18. The van der Waals surface area contributed by atoms with Crippen molar-refractivity contribution >= 4 is 17.5 Å². The van der Waals surface area contributed by atoms with Crippen molar-refractivity contribution in [1.82, 2.24) is 5.32 Å². The van der Waals surface area contributed by atoms with Crippen LogP contribution in [0.15, 0.2) is 42.5 Å². The normalized spacial score (nSPS) is 10.7. The fourth-order valence-electron chi connectivity index (χ4n) is 2.35. The number of carbonyl (C=O) groups is 1. The molecular weight excluding hydrogens is 324 g/mol. The van der Waals surface area contributed by atoms with Crippen LogP contribution in [0.25, 0.3) is 0 Å². The molecular formula is C19H24ClN2O2+. The van der Waals surface area contributed by atoms with Gasteiger partial charge in [-0.05, 0) is 36.2 Å². The predicted octanol–water partition coefficient (Wildman–Crippen LogP) is 1.99. The first-order valence-corrected chi connectivity index (χ1v) is 8.34. The van der Waals surface area contributed by atoms with Gasteiger partial charge in [0.1, 0.15) is 12.3 Å². The van der Waals surface area contributed by atoms with Gasteiger partial charge in [0, 0.05) is 17.1 Å². The van der Waals surface area contributed by atoms with Crippen LogP contribution in [0.4, 0.5) is 0 Å². The third-order valence-electron chi connectivity index (χ3n) is 3.57. The first-order chi connectivity index (χ1) is 11.4. The molecule has 2 aromatic rings. The number of ether oxygens (including phenoxy) is 1. The minimum Gasteiger partial charge on any atom is -0.484 e. The summed E-state index contributed by atoms with van der Waals surface area (Å²) in [5, 5.41) is 3.52. The topological polar surface area (TPSA) is 42.8 Å². The molecule has 0 heterocycles. The van der Waals surface area contributed by atoms with E-state index in [2.05, 4.69) is 31.5 Å². The minimum absolute atomic E-state index is 0.00938. The van der Waals surface area contributed by atoms with Crippen molar-refractivity contribution in [2.24, 2.45) is 0 Å². The van der Waals surface area contributed by atoms with E-state index < -0.39 is 0 Å². The molecule has 0 atom stereocenters. The van der Waals surface area contributed by atoms with Gasteiger partial charge in [-0.3, -0.25) is 4.79 Å². The Bertz CT molecular complexity index is 684. The van der Waals surface area contributed by atoms with Gasteiger partial charge in [0.15, 0.2) is 6.61 Å². The molecule has 0 aliphatic rings. The Morgan fingerprint density at radius 2 is 1.79 bits per heavy atom. The van der Waals surface area contributed by atoms with Crippen molar-refractivity contribution in [1.29, 1.82) is 0 Å². The lowest BCUT2D eigenvalue weighted by Gasteiger charge is -2.10. The van der Waals surface area contributed by atoms with Crippen LogP contribution in [-0.2, 0) is 17.9 Å². The molecule has 2 aromatic carbocycles. The zero-order valence-electron chi connectivity index (χ0n) is 14.4.